The number of nitriles is 1. The predicted octanol–water partition coefficient (Wildman–Crippen LogP) is 1.16. The molecule has 1 fully saturated rings. The maximum absolute atomic E-state index is 8.83. The van der Waals surface area contributed by atoms with Crippen molar-refractivity contribution in [2.45, 2.75) is 32.3 Å². The van der Waals surface area contributed by atoms with Gasteiger partial charge in [-0.3, -0.25) is 0 Å². The lowest BCUT2D eigenvalue weighted by Crippen LogP contribution is -2.28. The molecule has 0 spiro atoms. The summed E-state index contributed by atoms with van der Waals surface area (Å²) >= 11 is 0. The normalized spacial score (nSPS) is 23.4. The van der Waals surface area contributed by atoms with Gasteiger partial charge in [-0.25, -0.2) is 4.98 Å². The molecule has 90 valence electrons. The summed E-state index contributed by atoms with van der Waals surface area (Å²) in [5, 5.41) is 8.83. The van der Waals surface area contributed by atoms with Crippen molar-refractivity contribution in [2.75, 3.05) is 6.54 Å². The lowest BCUT2D eigenvalue weighted by Gasteiger charge is -2.18. The van der Waals surface area contributed by atoms with Gasteiger partial charge in [-0.05, 0) is 38.8 Å². The minimum absolute atomic E-state index is 0.0911. The molecule has 1 aliphatic carbocycles. The minimum Gasteiger partial charge on any atom is -0.460 e. The first-order valence-corrected chi connectivity index (χ1v) is 5.85. The zero-order chi connectivity index (χ0) is 12.3. The summed E-state index contributed by atoms with van der Waals surface area (Å²) in [6, 6.07) is 3.94. The molecule has 0 radical (unpaired) electrons. The Morgan fingerprint density at radius 1 is 1.53 bits per heavy atom. The van der Waals surface area contributed by atoms with E-state index in [1.807, 2.05) is 13.0 Å². The Labute approximate surface area is 101 Å². The molecule has 5 nitrogen and oxygen atoms in total. The first-order chi connectivity index (χ1) is 8.22. The lowest BCUT2D eigenvalue weighted by molar-refractivity contribution is 0.148. The van der Waals surface area contributed by atoms with E-state index in [2.05, 4.69) is 9.97 Å². The molecule has 2 N–H and O–H groups in total. The number of aryl methyl sites for hydroxylation is 1. The molecule has 1 aromatic rings. The third kappa shape index (κ3) is 2.71. The van der Waals surface area contributed by atoms with Gasteiger partial charge in [0.05, 0.1) is 0 Å². The fourth-order valence-electron chi connectivity index (χ4n) is 2.21. The second kappa shape index (κ2) is 5.11. The standard InChI is InChI=1S/C12H16N4O/c1-8-5-10(7-14)16-12(15-8)17-11-4-2-3-9(11)6-13/h5,9,11H,2-4,6,13H2,1H3. The third-order valence-corrected chi connectivity index (χ3v) is 3.10. The Bertz CT molecular complexity index is 441. The molecule has 1 saturated carbocycles. The van der Waals surface area contributed by atoms with Crippen molar-refractivity contribution in [3.05, 3.63) is 17.5 Å². The van der Waals surface area contributed by atoms with Crippen molar-refractivity contribution in [3.8, 4) is 12.1 Å². The van der Waals surface area contributed by atoms with E-state index in [1.54, 1.807) is 6.07 Å². The number of nitrogens with two attached hydrogens (primary N) is 1. The number of nitrogens with zero attached hydrogens (tertiary/aromatic N) is 3. The highest BCUT2D eigenvalue weighted by Crippen LogP contribution is 2.27. The molecule has 2 atom stereocenters. The summed E-state index contributed by atoms with van der Waals surface area (Å²) in [6.07, 6.45) is 3.30. The Balaban J connectivity index is 2.13. The van der Waals surface area contributed by atoms with E-state index >= 15 is 0 Å². The molecule has 0 aliphatic heterocycles. The molecule has 1 aromatic heterocycles. The molecule has 2 unspecified atom stereocenters. The first kappa shape index (κ1) is 11.8. The zero-order valence-corrected chi connectivity index (χ0v) is 9.89. The Hall–Kier alpha value is -1.67. The van der Waals surface area contributed by atoms with Crippen molar-refractivity contribution in [2.24, 2.45) is 11.7 Å². The van der Waals surface area contributed by atoms with E-state index in [0.29, 0.717) is 24.2 Å². The van der Waals surface area contributed by atoms with E-state index in [1.165, 1.54) is 0 Å². The van der Waals surface area contributed by atoms with Crippen LogP contribution in [-0.2, 0) is 0 Å². The van der Waals surface area contributed by atoms with Crippen LogP contribution in [0.15, 0.2) is 6.07 Å². The maximum Gasteiger partial charge on any atom is 0.318 e. The molecule has 1 aliphatic rings. The summed E-state index contributed by atoms with van der Waals surface area (Å²) in [5.41, 5.74) is 6.78. The van der Waals surface area contributed by atoms with Crippen molar-refractivity contribution < 1.29 is 4.74 Å². The highest BCUT2D eigenvalue weighted by molar-refractivity contribution is 5.23. The Morgan fingerprint density at radius 3 is 3.06 bits per heavy atom. The van der Waals surface area contributed by atoms with Crippen LogP contribution in [-0.4, -0.2) is 22.6 Å². The summed E-state index contributed by atoms with van der Waals surface area (Å²) in [5.74, 6) is 0.379. The van der Waals surface area contributed by atoms with Crippen molar-refractivity contribution in [1.82, 2.24) is 9.97 Å². The monoisotopic (exact) mass is 232 g/mol. The number of hydrogen-bond donors (Lipinski definition) is 1. The summed E-state index contributed by atoms with van der Waals surface area (Å²) in [6.45, 7) is 2.45. The van der Waals surface area contributed by atoms with Gasteiger partial charge in [0.1, 0.15) is 17.9 Å². The van der Waals surface area contributed by atoms with Gasteiger partial charge < -0.3 is 10.5 Å². The van der Waals surface area contributed by atoms with Gasteiger partial charge in [0, 0.05) is 11.6 Å². The largest absolute Gasteiger partial charge is 0.460 e. The van der Waals surface area contributed by atoms with E-state index in [0.717, 1.165) is 25.0 Å². The fraction of sp³-hybridized carbons (Fsp3) is 0.583. The molecular weight excluding hydrogens is 216 g/mol. The highest BCUT2D eigenvalue weighted by atomic mass is 16.5. The van der Waals surface area contributed by atoms with Gasteiger partial charge in [0.25, 0.3) is 0 Å². The van der Waals surface area contributed by atoms with Crippen LogP contribution in [0.25, 0.3) is 0 Å². The molecule has 5 heteroatoms. The fourth-order valence-corrected chi connectivity index (χ4v) is 2.21. The van der Waals surface area contributed by atoms with Crippen LogP contribution >= 0.6 is 0 Å². The van der Waals surface area contributed by atoms with Gasteiger partial charge in [0.15, 0.2) is 0 Å². The molecule has 2 rings (SSSR count). The molecule has 17 heavy (non-hydrogen) atoms. The molecule has 0 bridgehead atoms. The lowest BCUT2D eigenvalue weighted by atomic mass is 10.1. The second-order valence-corrected chi connectivity index (χ2v) is 4.37. The second-order valence-electron chi connectivity index (χ2n) is 4.37. The third-order valence-electron chi connectivity index (χ3n) is 3.10. The van der Waals surface area contributed by atoms with Crippen LogP contribution in [0, 0.1) is 24.2 Å². The van der Waals surface area contributed by atoms with E-state index in [9.17, 15) is 0 Å². The number of ether oxygens (including phenoxy) is 1. The quantitative estimate of drug-likeness (QED) is 0.845. The average molecular weight is 232 g/mol. The average Bonchev–Trinajstić information content (AvgIpc) is 2.75. The molecule has 0 amide bonds. The molecule has 1 heterocycles. The van der Waals surface area contributed by atoms with Gasteiger partial charge in [-0.15, -0.1) is 0 Å². The number of hydrogen-bond acceptors (Lipinski definition) is 5. The van der Waals surface area contributed by atoms with Crippen LogP contribution in [0.5, 0.6) is 6.01 Å². The zero-order valence-electron chi connectivity index (χ0n) is 9.89. The summed E-state index contributed by atoms with van der Waals surface area (Å²) in [4.78, 5) is 8.24. The van der Waals surface area contributed by atoms with Crippen LogP contribution < -0.4 is 10.5 Å². The minimum atomic E-state index is 0.0911. The summed E-state index contributed by atoms with van der Waals surface area (Å²) < 4.78 is 5.75. The van der Waals surface area contributed by atoms with E-state index < -0.39 is 0 Å². The van der Waals surface area contributed by atoms with Crippen LogP contribution in [0.1, 0.15) is 30.7 Å². The molecule has 0 saturated heterocycles. The van der Waals surface area contributed by atoms with E-state index in [4.69, 9.17) is 15.7 Å². The SMILES string of the molecule is Cc1cc(C#N)nc(OC2CCCC2CN)n1. The highest BCUT2D eigenvalue weighted by Gasteiger charge is 2.28. The smallest absolute Gasteiger partial charge is 0.318 e. The number of rotatable bonds is 3. The van der Waals surface area contributed by atoms with Crippen molar-refractivity contribution >= 4 is 0 Å². The van der Waals surface area contributed by atoms with Crippen LogP contribution in [0.2, 0.25) is 0 Å². The van der Waals surface area contributed by atoms with Gasteiger partial charge in [0.2, 0.25) is 0 Å². The topological polar surface area (TPSA) is 84.8 Å². The predicted molar refractivity (Wildman–Crippen MR) is 62.3 cm³/mol. The van der Waals surface area contributed by atoms with Crippen molar-refractivity contribution in [3.63, 3.8) is 0 Å². The van der Waals surface area contributed by atoms with Gasteiger partial charge in [-0.1, -0.05) is 0 Å². The van der Waals surface area contributed by atoms with E-state index in [-0.39, 0.29) is 6.10 Å². The van der Waals surface area contributed by atoms with Crippen molar-refractivity contribution in [1.29, 1.82) is 5.26 Å². The summed E-state index contributed by atoms with van der Waals surface area (Å²) in [7, 11) is 0. The maximum atomic E-state index is 8.83. The first-order valence-electron chi connectivity index (χ1n) is 5.85. The van der Waals surface area contributed by atoms with Gasteiger partial charge >= 0.3 is 6.01 Å². The molecule has 0 aromatic carbocycles. The van der Waals surface area contributed by atoms with Crippen LogP contribution in [0.3, 0.4) is 0 Å². The number of aromatic nitrogens is 2. The van der Waals surface area contributed by atoms with Crippen LogP contribution in [0.4, 0.5) is 0 Å². The molecular formula is C12H16N4O. The van der Waals surface area contributed by atoms with Gasteiger partial charge in [-0.2, -0.15) is 10.2 Å². The Kier molecular flexibility index (Phi) is 3.55. The Morgan fingerprint density at radius 2 is 2.35 bits per heavy atom.